The van der Waals surface area contributed by atoms with Gasteiger partial charge in [0.15, 0.2) is 0 Å². The summed E-state index contributed by atoms with van der Waals surface area (Å²) in [5.41, 5.74) is 3.02. The van der Waals surface area contributed by atoms with E-state index in [0.717, 1.165) is 16.8 Å². The van der Waals surface area contributed by atoms with Crippen LogP contribution in [0.3, 0.4) is 0 Å². The van der Waals surface area contributed by atoms with Gasteiger partial charge in [0.2, 0.25) is 0 Å². The van der Waals surface area contributed by atoms with Crippen molar-refractivity contribution in [2.24, 2.45) is 7.05 Å². The normalized spacial score (nSPS) is 11.9. The second-order valence-electron chi connectivity index (χ2n) is 5.67. The molecule has 0 aliphatic carbocycles. The fraction of sp³-hybridized carbons (Fsp3) is 0.235. The average Bonchev–Trinajstić information content (AvgIpc) is 3.25. The number of nitrogens with one attached hydrogen (secondary N) is 2. The van der Waals surface area contributed by atoms with Crippen molar-refractivity contribution in [1.29, 1.82) is 0 Å². The molecule has 0 fully saturated rings. The molecule has 1 atom stereocenters. The summed E-state index contributed by atoms with van der Waals surface area (Å²) in [5.74, 6) is 0. The van der Waals surface area contributed by atoms with Crippen molar-refractivity contribution in [3.05, 3.63) is 66.2 Å². The summed E-state index contributed by atoms with van der Waals surface area (Å²) in [6.45, 7) is 2.46. The molecule has 24 heavy (non-hydrogen) atoms. The predicted molar refractivity (Wildman–Crippen MR) is 90.6 cm³/mol. The SMILES string of the molecule is C[C@H](NC(=O)NCc1ccn(C)c1)c1ccc(-n2ccnn2)cc1. The predicted octanol–water partition coefficient (Wildman–Crippen LogP) is 2.17. The lowest BCUT2D eigenvalue weighted by Gasteiger charge is -2.15. The van der Waals surface area contributed by atoms with E-state index in [-0.39, 0.29) is 12.1 Å². The molecule has 7 nitrogen and oxygen atoms in total. The van der Waals surface area contributed by atoms with Gasteiger partial charge in [0.05, 0.1) is 24.1 Å². The number of nitrogens with zero attached hydrogens (tertiary/aromatic N) is 4. The first-order chi connectivity index (χ1) is 11.6. The van der Waals surface area contributed by atoms with Gasteiger partial charge in [0, 0.05) is 26.0 Å². The van der Waals surface area contributed by atoms with Crippen LogP contribution >= 0.6 is 0 Å². The highest BCUT2D eigenvalue weighted by molar-refractivity contribution is 5.74. The number of carbonyl (C=O) groups excluding carboxylic acids is 1. The number of rotatable bonds is 5. The zero-order chi connectivity index (χ0) is 16.9. The number of benzene rings is 1. The van der Waals surface area contributed by atoms with Gasteiger partial charge in [-0.15, -0.1) is 5.10 Å². The molecule has 0 radical (unpaired) electrons. The Morgan fingerprint density at radius 2 is 2.00 bits per heavy atom. The van der Waals surface area contributed by atoms with Gasteiger partial charge in [-0.05, 0) is 36.2 Å². The molecule has 2 N–H and O–H groups in total. The first-order valence-corrected chi connectivity index (χ1v) is 7.73. The van der Waals surface area contributed by atoms with E-state index in [1.54, 1.807) is 17.1 Å². The molecule has 124 valence electrons. The van der Waals surface area contributed by atoms with Crippen molar-refractivity contribution in [1.82, 2.24) is 30.2 Å². The zero-order valence-electron chi connectivity index (χ0n) is 13.7. The van der Waals surface area contributed by atoms with Crippen molar-refractivity contribution in [2.75, 3.05) is 0 Å². The minimum absolute atomic E-state index is 0.0921. The van der Waals surface area contributed by atoms with E-state index in [0.29, 0.717) is 6.54 Å². The summed E-state index contributed by atoms with van der Waals surface area (Å²) >= 11 is 0. The Balaban J connectivity index is 1.54. The second kappa shape index (κ2) is 6.99. The third kappa shape index (κ3) is 3.81. The fourth-order valence-corrected chi connectivity index (χ4v) is 2.44. The molecule has 0 aliphatic rings. The maximum atomic E-state index is 12.0. The maximum absolute atomic E-state index is 12.0. The summed E-state index contributed by atoms with van der Waals surface area (Å²) in [5, 5.41) is 13.5. The maximum Gasteiger partial charge on any atom is 0.315 e. The van der Waals surface area contributed by atoms with E-state index in [1.165, 1.54) is 0 Å². The molecule has 2 aromatic heterocycles. The Morgan fingerprint density at radius 3 is 2.62 bits per heavy atom. The first-order valence-electron chi connectivity index (χ1n) is 7.73. The Bertz CT molecular complexity index is 791. The highest BCUT2D eigenvalue weighted by Gasteiger charge is 2.09. The quantitative estimate of drug-likeness (QED) is 0.755. The van der Waals surface area contributed by atoms with Crippen LogP contribution in [0.4, 0.5) is 4.79 Å². The molecule has 0 spiro atoms. The number of urea groups is 1. The van der Waals surface area contributed by atoms with Gasteiger partial charge in [-0.2, -0.15) is 0 Å². The molecule has 3 rings (SSSR count). The molecule has 7 heteroatoms. The molecule has 0 saturated carbocycles. The molecule has 2 amide bonds. The number of aryl methyl sites for hydroxylation is 1. The van der Waals surface area contributed by atoms with E-state index in [1.807, 2.05) is 61.3 Å². The fourth-order valence-electron chi connectivity index (χ4n) is 2.44. The summed E-state index contributed by atoms with van der Waals surface area (Å²) < 4.78 is 3.64. The Labute approximate surface area is 140 Å². The molecular formula is C17H20N6O. The van der Waals surface area contributed by atoms with Crippen LogP contribution in [0, 0.1) is 0 Å². The molecule has 2 heterocycles. The van der Waals surface area contributed by atoms with E-state index >= 15 is 0 Å². The van der Waals surface area contributed by atoms with Crippen LogP contribution in [0.2, 0.25) is 0 Å². The summed E-state index contributed by atoms with van der Waals surface area (Å²) in [7, 11) is 1.95. The summed E-state index contributed by atoms with van der Waals surface area (Å²) in [6.07, 6.45) is 7.35. The molecule has 0 bridgehead atoms. The monoisotopic (exact) mass is 324 g/mol. The second-order valence-corrected chi connectivity index (χ2v) is 5.67. The largest absolute Gasteiger partial charge is 0.357 e. The van der Waals surface area contributed by atoms with Crippen LogP contribution in [-0.2, 0) is 13.6 Å². The van der Waals surface area contributed by atoms with E-state index in [2.05, 4.69) is 20.9 Å². The van der Waals surface area contributed by atoms with Crippen molar-refractivity contribution in [2.45, 2.75) is 19.5 Å². The van der Waals surface area contributed by atoms with Crippen molar-refractivity contribution < 1.29 is 4.79 Å². The Morgan fingerprint density at radius 1 is 1.21 bits per heavy atom. The summed E-state index contributed by atoms with van der Waals surface area (Å²) in [6, 6.07) is 9.54. The highest BCUT2D eigenvalue weighted by Crippen LogP contribution is 2.15. The molecule has 0 aliphatic heterocycles. The van der Waals surface area contributed by atoms with Gasteiger partial charge in [0.1, 0.15) is 0 Å². The number of hydrogen-bond acceptors (Lipinski definition) is 3. The minimum Gasteiger partial charge on any atom is -0.357 e. The van der Waals surface area contributed by atoms with Crippen molar-refractivity contribution in [3.63, 3.8) is 0 Å². The number of hydrogen-bond donors (Lipinski definition) is 2. The molecule has 0 saturated heterocycles. The number of carbonyl (C=O) groups is 1. The highest BCUT2D eigenvalue weighted by atomic mass is 16.2. The lowest BCUT2D eigenvalue weighted by molar-refractivity contribution is 0.237. The van der Waals surface area contributed by atoms with Gasteiger partial charge in [-0.1, -0.05) is 17.3 Å². The minimum atomic E-state index is -0.188. The topological polar surface area (TPSA) is 76.8 Å². The molecular weight excluding hydrogens is 304 g/mol. The zero-order valence-corrected chi connectivity index (χ0v) is 13.7. The lowest BCUT2D eigenvalue weighted by Crippen LogP contribution is -2.36. The van der Waals surface area contributed by atoms with Crippen LogP contribution in [0.25, 0.3) is 5.69 Å². The van der Waals surface area contributed by atoms with Crippen LogP contribution in [0.1, 0.15) is 24.1 Å². The number of amides is 2. The number of aromatic nitrogens is 4. The van der Waals surface area contributed by atoms with Crippen LogP contribution < -0.4 is 10.6 Å². The van der Waals surface area contributed by atoms with Gasteiger partial charge < -0.3 is 15.2 Å². The molecule has 0 unspecified atom stereocenters. The Kier molecular flexibility index (Phi) is 4.60. The van der Waals surface area contributed by atoms with Crippen molar-refractivity contribution in [3.8, 4) is 5.69 Å². The summed E-state index contributed by atoms with van der Waals surface area (Å²) in [4.78, 5) is 12.0. The average molecular weight is 324 g/mol. The van der Waals surface area contributed by atoms with Crippen LogP contribution in [0.5, 0.6) is 0 Å². The Hall–Kier alpha value is -3.09. The third-order valence-electron chi connectivity index (χ3n) is 3.77. The van der Waals surface area contributed by atoms with Gasteiger partial charge in [0.25, 0.3) is 0 Å². The molecule has 1 aromatic carbocycles. The third-order valence-corrected chi connectivity index (χ3v) is 3.77. The smallest absolute Gasteiger partial charge is 0.315 e. The van der Waals surface area contributed by atoms with Gasteiger partial charge >= 0.3 is 6.03 Å². The van der Waals surface area contributed by atoms with Crippen LogP contribution in [0.15, 0.2) is 55.1 Å². The van der Waals surface area contributed by atoms with Gasteiger partial charge in [-0.25, -0.2) is 9.48 Å². The lowest BCUT2D eigenvalue weighted by atomic mass is 10.1. The van der Waals surface area contributed by atoms with Crippen LogP contribution in [-0.4, -0.2) is 25.6 Å². The first kappa shape index (κ1) is 15.8. The van der Waals surface area contributed by atoms with E-state index in [9.17, 15) is 4.79 Å². The molecule has 3 aromatic rings. The van der Waals surface area contributed by atoms with Crippen molar-refractivity contribution >= 4 is 6.03 Å². The van der Waals surface area contributed by atoms with E-state index < -0.39 is 0 Å². The van der Waals surface area contributed by atoms with E-state index in [4.69, 9.17) is 0 Å². The standard InChI is InChI=1S/C17H20N6O/c1-13(20-17(24)18-11-14-7-9-22(2)12-14)15-3-5-16(6-4-15)23-10-8-19-21-23/h3-10,12-13H,11H2,1-2H3,(H2,18,20,24)/t13-/m0/s1. The van der Waals surface area contributed by atoms with Gasteiger partial charge in [-0.3, -0.25) is 0 Å².